The van der Waals surface area contributed by atoms with Gasteiger partial charge in [-0.3, -0.25) is 0 Å². The number of hydrogen-bond donors (Lipinski definition) is 1. The summed E-state index contributed by atoms with van der Waals surface area (Å²) in [5.41, 5.74) is 8.38. The van der Waals surface area contributed by atoms with Crippen molar-refractivity contribution in [3.8, 4) is 0 Å². The minimum Gasteiger partial charge on any atom is -0.368 e. The van der Waals surface area contributed by atoms with Crippen LogP contribution < -0.4 is 10.6 Å². The Morgan fingerprint density at radius 3 is 2.61 bits per heavy atom. The summed E-state index contributed by atoms with van der Waals surface area (Å²) in [4.78, 5) is 2.65. The van der Waals surface area contributed by atoms with E-state index >= 15 is 0 Å². The predicted molar refractivity (Wildman–Crippen MR) is 76.9 cm³/mol. The first-order chi connectivity index (χ1) is 8.88. The maximum absolute atomic E-state index is 5.60. The quantitative estimate of drug-likeness (QED) is 0.885. The van der Waals surface area contributed by atoms with Crippen LogP contribution in [0.25, 0.3) is 0 Å². The largest absolute Gasteiger partial charge is 0.368 e. The zero-order valence-electron chi connectivity index (χ0n) is 11.1. The van der Waals surface area contributed by atoms with Gasteiger partial charge in [0.1, 0.15) is 0 Å². The Kier molecular flexibility index (Phi) is 3.55. The minimum atomic E-state index is 0.744. The summed E-state index contributed by atoms with van der Waals surface area (Å²) in [6.07, 6.45) is 8.11. The number of benzene rings is 1. The average molecular weight is 244 g/mol. The van der Waals surface area contributed by atoms with Gasteiger partial charge >= 0.3 is 0 Å². The van der Waals surface area contributed by atoms with Crippen molar-refractivity contribution in [2.75, 3.05) is 18.0 Å². The summed E-state index contributed by atoms with van der Waals surface area (Å²) >= 11 is 0. The Morgan fingerprint density at radius 1 is 1.06 bits per heavy atom. The second kappa shape index (κ2) is 5.31. The molecule has 1 aromatic carbocycles. The lowest BCUT2D eigenvalue weighted by Gasteiger charge is -2.33. The molecule has 2 atom stereocenters. The van der Waals surface area contributed by atoms with Gasteiger partial charge in [0.15, 0.2) is 0 Å². The molecule has 3 rings (SSSR count). The minimum absolute atomic E-state index is 0.744. The molecular weight excluding hydrogens is 220 g/mol. The molecule has 0 aromatic heterocycles. The van der Waals surface area contributed by atoms with E-state index in [9.17, 15) is 0 Å². The van der Waals surface area contributed by atoms with Crippen LogP contribution in [0.1, 0.15) is 37.7 Å². The Labute approximate surface area is 110 Å². The van der Waals surface area contributed by atoms with Crippen molar-refractivity contribution in [1.29, 1.82) is 0 Å². The Hall–Kier alpha value is -1.02. The van der Waals surface area contributed by atoms with Gasteiger partial charge in [0.25, 0.3) is 0 Å². The normalized spacial score (nSPS) is 27.3. The highest BCUT2D eigenvalue weighted by atomic mass is 15.2. The van der Waals surface area contributed by atoms with E-state index < -0.39 is 0 Å². The first kappa shape index (κ1) is 12.0. The summed E-state index contributed by atoms with van der Waals surface area (Å²) in [7, 11) is 0. The maximum atomic E-state index is 5.60. The van der Waals surface area contributed by atoms with Gasteiger partial charge in [0, 0.05) is 18.3 Å². The highest BCUT2D eigenvalue weighted by molar-refractivity contribution is 5.50. The molecule has 0 radical (unpaired) electrons. The molecule has 98 valence electrons. The van der Waals surface area contributed by atoms with Crippen LogP contribution in [0.5, 0.6) is 0 Å². The van der Waals surface area contributed by atoms with Crippen LogP contribution in [0.4, 0.5) is 5.69 Å². The van der Waals surface area contributed by atoms with Crippen molar-refractivity contribution in [2.45, 2.75) is 44.6 Å². The number of nitrogens with two attached hydrogens (primary N) is 1. The van der Waals surface area contributed by atoms with E-state index in [0.29, 0.717) is 0 Å². The fourth-order valence-electron chi connectivity index (χ4n) is 3.75. The Balaban J connectivity index is 1.74. The third-order valence-corrected chi connectivity index (χ3v) is 4.71. The molecule has 1 heterocycles. The SMILES string of the molecule is NCCc1ccc(N2CCC3CCCCC32)cc1. The lowest BCUT2D eigenvalue weighted by atomic mass is 9.85. The molecule has 0 spiro atoms. The molecule has 1 aliphatic carbocycles. The maximum Gasteiger partial charge on any atom is 0.0368 e. The molecule has 1 aromatic rings. The molecule has 0 bridgehead atoms. The van der Waals surface area contributed by atoms with Crippen molar-refractivity contribution >= 4 is 5.69 Å². The highest BCUT2D eigenvalue weighted by Gasteiger charge is 2.35. The Bertz CT molecular complexity index is 385. The van der Waals surface area contributed by atoms with E-state index in [2.05, 4.69) is 29.2 Å². The fraction of sp³-hybridized carbons (Fsp3) is 0.625. The van der Waals surface area contributed by atoms with Gasteiger partial charge in [-0.15, -0.1) is 0 Å². The third kappa shape index (κ3) is 2.26. The molecule has 2 heteroatoms. The molecule has 18 heavy (non-hydrogen) atoms. The van der Waals surface area contributed by atoms with Crippen LogP contribution in [0.3, 0.4) is 0 Å². The lowest BCUT2D eigenvalue weighted by Crippen LogP contribution is -2.34. The standard InChI is InChI=1S/C16H24N2/c17-11-9-13-5-7-15(8-6-13)18-12-10-14-3-1-2-4-16(14)18/h5-8,14,16H,1-4,9-12,17H2. The Morgan fingerprint density at radius 2 is 1.83 bits per heavy atom. The fourth-order valence-corrected chi connectivity index (χ4v) is 3.75. The summed E-state index contributed by atoms with van der Waals surface area (Å²) in [5, 5.41) is 0. The number of rotatable bonds is 3. The molecule has 0 amide bonds. The van der Waals surface area contributed by atoms with Gasteiger partial charge in [0.05, 0.1) is 0 Å². The van der Waals surface area contributed by atoms with Gasteiger partial charge in [0.2, 0.25) is 0 Å². The van der Waals surface area contributed by atoms with Crippen LogP contribution in [-0.2, 0) is 6.42 Å². The van der Waals surface area contributed by atoms with Crippen molar-refractivity contribution < 1.29 is 0 Å². The summed E-state index contributed by atoms with van der Waals surface area (Å²) in [6, 6.07) is 9.90. The zero-order chi connectivity index (χ0) is 12.4. The number of hydrogen-bond acceptors (Lipinski definition) is 2. The zero-order valence-corrected chi connectivity index (χ0v) is 11.1. The van der Waals surface area contributed by atoms with Gasteiger partial charge in [-0.25, -0.2) is 0 Å². The topological polar surface area (TPSA) is 29.3 Å². The van der Waals surface area contributed by atoms with Crippen LogP contribution in [0, 0.1) is 5.92 Å². The first-order valence-electron chi connectivity index (χ1n) is 7.44. The summed E-state index contributed by atoms with van der Waals surface area (Å²) in [5.74, 6) is 0.961. The molecule has 2 aliphatic rings. The third-order valence-electron chi connectivity index (χ3n) is 4.71. The average Bonchev–Trinajstić information content (AvgIpc) is 2.84. The van der Waals surface area contributed by atoms with Gasteiger partial charge in [-0.05, 0) is 55.8 Å². The van der Waals surface area contributed by atoms with Crippen molar-refractivity contribution in [1.82, 2.24) is 0 Å². The number of nitrogens with zero attached hydrogens (tertiary/aromatic N) is 1. The van der Waals surface area contributed by atoms with E-state index in [1.807, 2.05) is 0 Å². The van der Waals surface area contributed by atoms with Crippen LogP contribution in [0.15, 0.2) is 24.3 Å². The van der Waals surface area contributed by atoms with Gasteiger partial charge in [-0.2, -0.15) is 0 Å². The van der Waals surface area contributed by atoms with Crippen molar-refractivity contribution in [3.63, 3.8) is 0 Å². The molecular formula is C16H24N2. The van der Waals surface area contributed by atoms with Gasteiger partial charge in [-0.1, -0.05) is 25.0 Å². The van der Waals surface area contributed by atoms with Crippen LogP contribution in [-0.4, -0.2) is 19.1 Å². The molecule has 1 saturated heterocycles. The highest BCUT2D eigenvalue weighted by Crippen LogP contribution is 2.38. The first-order valence-corrected chi connectivity index (χ1v) is 7.44. The van der Waals surface area contributed by atoms with Crippen molar-refractivity contribution in [2.24, 2.45) is 11.7 Å². The molecule has 2 N–H and O–H groups in total. The number of fused-ring (bicyclic) bond motifs is 1. The monoisotopic (exact) mass is 244 g/mol. The number of anilines is 1. The molecule has 2 nitrogen and oxygen atoms in total. The van der Waals surface area contributed by atoms with Crippen LogP contribution >= 0.6 is 0 Å². The van der Waals surface area contributed by atoms with E-state index in [1.165, 1.54) is 49.9 Å². The summed E-state index contributed by atoms with van der Waals surface area (Å²) < 4.78 is 0. The van der Waals surface area contributed by atoms with Crippen molar-refractivity contribution in [3.05, 3.63) is 29.8 Å². The van der Waals surface area contributed by atoms with Gasteiger partial charge < -0.3 is 10.6 Å². The molecule has 1 aliphatic heterocycles. The van der Waals surface area contributed by atoms with E-state index in [-0.39, 0.29) is 0 Å². The second-order valence-corrected chi connectivity index (χ2v) is 5.80. The van der Waals surface area contributed by atoms with Crippen LogP contribution in [0.2, 0.25) is 0 Å². The molecule has 2 unspecified atom stereocenters. The van der Waals surface area contributed by atoms with E-state index in [1.54, 1.807) is 0 Å². The molecule has 2 fully saturated rings. The molecule has 1 saturated carbocycles. The van der Waals surface area contributed by atoms with E-state index in [4.69, 9.17) is 5.73 Å². The smallest absolute Gasteiger partial charge is 0.0368 e. The summed E-state index contributed by atoms with van der Waals surface area (Å²) in [6.45, 7) is 2.00. The second-order valence-electron chi connectivity index (χ2n) is 5.80. The van der Waals surface area contributed by atoms with E-state index in [0.717, 1.165) is 24.9 Å². The lowest BCUT2D eigenvalue weighted by molar-refractivity contribution is 0.342. The predicted octanol–water partition coefficient (Wildman–Crippen LogP) is 2.96.